The predicted molar refractivity (Wildman–Crippen MR) is 50.2 cm³/mol. The van der Waals surface area contributed by atoms with Crippen LogP contribution in [-0.4, -0.2) is 60.7 Å². The van der Waals surface area contributed by atoms with Crippen molar-refractivity contribution in [2.45, 2.75) is 10.7 Å². The van der Waals surface area contributed by atoms with Crippen LogP contribution in [0.2, 0.25) is 0 Å². The molecule has 100 valence electrons. The fourth-order valence-electron chi connectivity index (χ4n) is 1.15. The van der Waals surface area contributed by atoms with Crippen LogP contribution in [0.4, 0.5) is 0 Å². The van der Waals surface area contributed by atoms with E-state index in [0.29, 0.717) is 0 Å². The van der Waals surface area contributed by atoms with Gasteiger partial charge in [0.15, 0.2) is 0 Å². The van der Waals surface area contributed by atoms with Crippen molar-refractivity contribution in [1.82, 2.24) is 10.6 Å². The summed E-state index contributed by atoms with van der Waals surface area (Å²) in [4.78, 5) is 0. The third-order valence-electron chi connectivity index (χ3n) is 1.71. The first-order valence-corrected chi connectivity index (χ1v) is 6.53. The quantitative estimate of drug-likeness (QED) is 0.367. The average Bonchev–Trinajstić information content (AvgIpc) is 2.01. The summed E-state index contributed by atoms with van der Waals surface area (Å²) >= 11 is 0. The zero-order valence-electron chi connectivity index (χ0n) is 9.83. The molecule has 1 rings (SSSR count). The van der Waals surface area contributed by atoms with Gasteiger partial charge in [-0.25, -0.2) is 16.8 Å². The minimum Gasteiger partial charge on any atom is -0.747 e. The van der Waals surface area contributed by atoms with Crippen LogP contribution in [0.3, 0.4) is 0 Å². The standard InChI is InChI=1S/C4H10N2O6S2.2Na.2H2O/c7-13(8,9)3-4(14(10,11)12)6-2-1-5-3;;;;/h3-6H,1-2H2,(H,7,8,9)(H,10,11,12);;;2*1H2/q;2*+1;;/p-2. The molecule has 6 N–H and O–H groups in total. The van der Waals surface area contributed by atoms with E-state index in [-0.39, 0.29) is 83.2 Å². The maximum Gasteiger partial charge on any atom is 1.00 e. The second kappa shape index (κ2) is 10.4. The topological polar surface area (TPSA) is 201 Å². The minimum absolute atomic E-state index is 0. The molecule has 2 unspecified atom stereocenters. The Balaban J connectivity index is -0.000000245. The average molecular weight is 326 g/mol. The molecule has 0 amide bonds. The monoisotopic (exact) mass is 326 g/mol. The van der Waals surface area contributed by atoms with Crippen molar-refractivity contribution in [1.29, 1.82) is 0 Å². The predicted octanol–water partition coefficient (Wildman–Crippen LogP) is -10.7. The molecule has 18 heavy (non-hydrogen) atoms. The Kier molecular flexibility index (Phi) is 16.1. The molecular weight excluding hydrogens is 314 g/mol. The van der Waals surface area contributed by atoms with Crippen LogP contribution in [0.1, 0.15) is 0 Å². The molecule has 1 saturated heterocycles. The summed E-state index contributed by atoms with van der Waals surface area (Å²) in [6.07, 6.45) is 0. The Bertz CT molecular complexity index is 371. The molecule has 0 aliphatic carbocycles. The summed E-state index contributed by atoms with van der Waals surface area (Å²) < 4.78 is 63.5. The van der Waals surface area contributed by atoms with Gasteiger partial charge < -0.3 is 20.1 Å². The van der Waals surface area contributed by atoms with Crippen LogP contribution >= 0.6 is 0 Å². The second-order valence-electron chi connectivity index (χ2n) is 2.74. The number of hydrogen-bond acceptors (Lipinski definition) is 8. The van der Waals surface area contributed by atoms with Gasteiger partial charge in [-0.3, -0.25) is 10.6 Å². The van der Waals surface area contributed by atoms with Gasteiger partial charge in [0.25, 0.3) is 0 Å². The molecule has 10 nitrogen and oxygen atoms in total. The van der Waals surface area contributed by atoms with E-state index < -0.39 is 31.0 Å². The van der Waals surface area contributed by atoms with Crippen molar-refractivity contribution in [2.24, 2.45) is 0 Å². The van der Waals surface area contributed by atoms with E-state index in [9.17, 15) is 25.9 Å². The van der Waals surface area contributed by atoms with Crippen LogP contribution in [0.5, 0.6) is 0 Å². The Morgan fingerprint density at radius 1 is 0.778 bits per heavy atom. The number of rotatable bonds is 2. The molecule has 0 aromatic carbocycles. The summed E-state index contributed by atoms with van der Waals surface area (Å²) in [5, 5.41) is 0.511. The maximum atomic E-state index is 10.6. The van der Waals surface area contributed by atoms with E-state index >= 15 is 0 Å². The van der Waals surface area contributed by atoms with Gasteiger partial charge in [-0.05, 0) is 0 Å². The zero-order chi connectivity index (χ0) is 11.0. The Morgan fingerprint density at radius 3 is 1.17 bits per heavy atom. The van der Waals surface area contributed by atoms with Gasteiger partial charge in [-0.2, -0.15) is 0 Å². The largest absolute Gasteiger partial charge is 1.00 e. The SMILES string of the molecule is O.O.O=S(=O)([O-])C1NCCNC1S(=O)(=O)[O-].[Na+].[Na+]. The van der Waals surface area contributed by atoms with Gasteiger partial charge in [0.05, 0.1) is 0 Å². The van der Waals surface area contributed by atoms with E-state index in [2.05, 4.69) is 10.6 Å². The normalized spacial score (nSPS) is 23.4. The molecule has 0 saturated carbocycles. The first-order valence-electron chi connectivity index (χ1n) is 3.59. The van der Waals surface area contributed by atoms with Gasteiger partial charge in [-0.15, -0.1) is 0 Å². The van der Waals surface area contributed by atoms with Gasteiger partial charge in [-0.1, -0.05) is 0 Å². The van der Waals surface area contributed by atoms with Crippen molar-refractivity contribution in [3.63, 3.8) is 0 Å². The summed E-state index contributed by atoms with van der Waals surface area (Å²) in [7, 11) is -9.72. The number of hydrogen-bond donors (Lipinski definition) is 2. The first-order chi connectivity index (χ1) is 6.23. The Labute approximate surface area is 149 Å². The fourth-order valence-corrected chi connectivity index (χ4v) is 3.41. The summed E-state index contributed by atoms with van der Waals surface area (Å²) in [5.74, 6) is 0. The van der Waals surface area contributed by atoms with Gasteiger partial charge in [0.2, 0.25) is 0 Å². The second-order valence-corrected chi connectivity index (χ2v) is 5.72. The zero-order valence-corrected chi connectivity index (χ0v) is 15.5. The third kappa shape index (κ3) is 8.06. The van der Waals surface area contributed by atoms with E-state index in [0.717, 1.165) is 0 Å². The Hall–Kier alpha value is 1.66. The molecular formula is C4H12N2Na2O8S2. The number of nitrogens with one attached hydrogen (secondary N) is 2. The molecule has 2 atom stereocenters. The van der Waals surface area contributed by atoms with Crippen molar-refractivity contribution < 1.29 is 96.0 Å². The van der Waals surface area contributed by atoms with Crippen LogP contribution in [0.15, 0.2) is 0 Å². The van der Waals surface area contributed by atoms with Crippen molar-refractivity contribution >= 4 is 20.2 Å². The Morgan fingerprint density at radius 2 is 1.00 bits per heavy atom. The summed E-state index contributed by atoms with van der Waals surface area (Å²) in [6.45, 7) is 0.219. The van der Waals surface area contributed by atoms with E-state index in [1.165, 1.54) is 0 Å². The molecule has 0 spiro atoms. The molecule has 0 aromatic heterocycles. The molecule has 1 aliphatic rings. The smallest absolute Gasteiger partial charge is 0.747 e. The number of piperazine rings is 1. The van der Waals surface area contributed by atoms with E-state index in [1.54, 1.807) is 0 Å². The first kappa shape index (κ1) is 27.9. The van der Waals surface area contributed by atoms with Gasteiger partial charge >= 0.3 is 59.1 Å². The molecule has 1 heterocycles. The fraction of sp³-hybridized carbons (Fsp3) is 1.00. The van der Waals surface area contributed by atoms with Crippen molar-refractivity contribution in [2.75, 3.05) is 13.1 Å². The van der Waals surface area contributed by atoms with Crippen LogP contribution in [-0.2, 0) is 20.2 Å². The minimum atomic E-state index is -4.86. The van der Waals surface area contributed by atoms with E-state index in [4.69, 9.17) is 0 Å². The molecule has 0 radical (unpaired) electrons. The van der Waals surface area contributed by atoms with Gasteiger partial charge in [0.1, 0.15) is 31.0 Å². The van der Waals surface area contributed by atoms with Crippen LogP contribution in [0.25, 0.3) is 0 Å². The van der Waals surface area contributed by atoms with Crippen LogP contribution in [0, 0.1) is 0 Å². The van der Waals surface area contributed by atoms with Crippen LogP contribution < -0.4 is 69.7 Å². The molecule has 0 aromatic rings. The van der Waals surface area contributed by atoms with Crippen molar-refractivity contribution in [3.05, 3.63) is 0 Å². The molecule has 1 fully saturated rings. The summed E-state index contributed by atoms with van der Waals surface area (Å²) in [5.41, 5.74) is 0. The van der Waals surface area contributed by atoms with Crippen molar-refractivity contribution in [3.8, 4) is 0 Å². The third-order valence-corrected chi connectivity index (χ3v) is 4.01. The van der Waals surface area contributed by atoms with Gasteiger partial charge in [0, 0.05) is 13.1 Å². The molecule has 0 bridgehead atoms. The summed E-state index contributed by atoms with van der Waals surface area (Å²) in [6, 6.07) is 0. The molecule has 14 heteroatoms. The molecule has 1 aliphatic heterocycles. The van der Waals surface area contributed by atoms with E-state index in [1.807, 2.05) is 0 Å². The maximum absolute atomic E-state index is 10.6.